The van der Waals surface area contributed by atoms with Crippen LogP contribution in [-0.4, -0.2) is 20.5 Å². The Morgan fingerprint density at radius 2 is 1.95 bits per heavy atom. The second kappa shape index (κ2) is 6.91. The monoisotopic (exact) mass is 400 g/mol. The van der Waals surface area contributed by atoms with Gasteiger partial charge in [-0.3, -0.25) is 0 Å². The lowest BCUT2D eigenvalue weighted by Crippen LogP contribution is -2.51. The van der Waals surface area contributed by atoms with E-state index in [9.17, 15) is 12.8 Å². The van der Waals surface area contributed by atoms with Crippen LogP contribution in [-0.2, 0) is 10.0 Å². The van der Waals surface area contributed by atoms with Gasteiger partial charge in [0.15, 0.2) is 0 Å². The molecule has 0 spiro atoms. The third-order valence-corrected chi connectivity index (χ3v) is 6.14. The molecule has 0 unspecified atom stereocenters. The summed E-state index contributed by atoms with van der Waals surface area (Å²) in [4.78, 5) is 0.0884. The zero-order valence-corrected chi connectivity index (χ0v) is 14.9. The number of hydrogen-bond acceptors (Lipinski definition) is 3. The van der Waals surface area contributed by atoms with Crippen molar-refractivity contribution in [1.82, 2.24) is 4.72 Å². The van der Waals surface area contributed by atoms with Crippen LogP contribution in [0.2, 0.25) is 0 Å². The number of halogens is 3. The highest BCUT2D eigenvalue weighted by Gasteiger charge is 2.37. The molecule has 120 valence electrons. The lowest BCUT2D eigenvalue weighted by Gasteiger charge is -2.28. The Morgan fingerprint density at radius 3 is 2.48 bits per heavy atom. The van der Waals surface area contributed by atoms with E-state index in [2.05, 4.69) is 20.7 Å². The molecular weight excluding hydrogens is 383 g/mol. The van der Waals surface area contributed by atoms with Crippen LogP contribution in [0.25, 0.3) is 0 Å². The van der Waals surface area contributed by atoms with Gasteiger partial charge in [0.2, 0.25) is 10.0 Å². The fourth-order valence-corrected chi connectivity index (χ4v) is 4.88. The molecule has 1 aromatic rings. The van der Waals surface area contributed by atoms with Crippen molar-refractivity contribution in [2.75, 3.05) is 6.54 Å². The molecule has 1 aliphatic carbocycles. The van der Waals surface area contributed by atoms with Crippen LogP contribution >= 0.6 is 28.3 Å². The first-order valence-electron chi connectivity index (χ1n) is 6.49. The smallest absolute Gasteiger partial charge is 0.241 e. The molecule has 8 heteroatoms. The molecule has 0 aromatic heterocycles. The highest BCUT2D eigenvalue weighted by Crippen LogP contribution is 2.31. The Bertz CT molecular complexity index is 619. The third kappa shape index (κ3) is 3.96. The lowest BCUT2D eigenvalue weighted by atomic mass is 10.0. The molecule has 0 saturated heterocycles. The number of hydrogen-bond donors (Lipinski definition) is 2. The van der Waals surface area contributed by atoms with Gasteiger partial charge in [0.05, 0.1) is 9.37 Å². The fraction of sp³-hybridized carbons (Fsp3) is 0.538. The molecule has 0 amide bonds. The van der Waals surface area contributed by atoms with E-state index in [0.717, 1.165) is 25.7 Å². The van der Waals surface area contributed by atoms with E-state index in [1.807, 2.05) is 0 Å². The van der Waals surface area contributed by atoms with Gasteiger partial charge in [0.1, 0.15) is 5.82 Å². The summed E-state index contributed by atoms with van der Waals surface area (Å²) in [6.45, 7) is 1.85. The largest absolute Gasteiger partial charge is 0.329 e. The standard InChI is InChI=1S/C13H18BrFN2O2S.ClH/c1-9-6-11(15)10(14)7-12(9)20(18,19)17-13(8-16)4-2-3-5-13;/h6-7,17H,2-5,8,16H2,1H3;1H. The van der Waals surface area contributed by atoms with E-state index in [1.165, 1.54) is 12.1 Å². The van der Waals surface area contributed by atoms with Crippen LogP contribution < -0.4 is 10.5 Å². The first-order chi connectivity index (χ1) is 9.30. The van der Waals surface area contributed by atoms with Crippen molar-refractivity contribution in [3.8, 4) is 0 Å². The summed E-state index contributed by atoms with van der Waals surface area (Å²) < 4.78 is 41.3. The minimum absolute atomic E-state index is 0. The van der Waals surface area contributed by atoms with Gasteiger partial charge in [-0.15, -0.1) is 12.4 Å². The Labute approximate surface area is 139 Å². The predicted octanol–water partition coefficient (Wildman–Crippen LogP) is 2.87. The van der Waals surface area contributed by atoms with Crippen LogP contribution in [0, 0.1) is 12.7 Å². The van der Waals surface area contributed by atoms with Crippen LogP contribution in [0.4, 0.5) is 4.39 Å². The quantitative estimate of drug-likeness (QED) is 0.815. The third-order valence-electron chi connectivity index (χ3n) is 3.81. The predicted molar refractivity (Wildman–Crippen MR) is 86.7 cm³/mol. The van der Waals surface area contributed by atoms with Gasteiger partial charge in [-0.1, -0.05) is 12.8 Å². The fourth-order valence-electron chi connectivity index (χ4n) is 2.66. The highest BCUT2D eigenvalue weighted by atomic mass is 79.9. The Kier molecular flexibility index (Phi) is 6.20. The number of nitrogens with two attached hydrogens (primary N) is 1. The second-order valence-corrected chi connectivity index (χ2v) is 7.83. The first kappa shape index (κ1) is 18.8. The molecule has 2 rings (SSSR count). The number of nitrogens with one attached hydrogen (secondary N) is 1. The number of benzene rings is 1. The topological polar surface area (TPSA) is 72.2 Å². The van der Waals surface area contributed by atoms with Gasteiger partial charge in [-0.25, -0.2) is 17.5 Å². The zero-order valence-electron chi connectivity index (χ0n) is 11.7. The van der Waals surface area contributed by atoms with Crippen LogP contribution in [0.1, 0.15) is 31.2 Å². The van der Waals surface area contributed by atoms with Gasteiger partial charge in [0, 0.05) is 12.1 Å². The Hall–Kier alpha value is -0.210. The Balaban J connectivity index is 0.00000220. The summed E-state index contributed by atoms with van der Waals surface area (Å²) >= 11 is 3.02. The van der Waals surface area contributed by atoms with Crippen LogP contribution in [0.5, 0.6) is 0 Å². The van der Waals surface area contributed by atoms with Crippen molar-refractivity contribution in [3.63, 3.8) is 0 Å². The maximum absolute atomic E-state index is 13.4. The SMILES string of the molecule is Cc1cc(F)c(Br)cc1S(=O)(=O)NC1(CN)CCCC1.Cl. The summed E-state index contributed by atoms with van der Waals surface area (Å²) in [5.41, 5.74) is 5.56. The average molecular weight is 402 g/mol. The maximum atomic E-state index is 13.4. The minimum Gasteiger partial charge on any atom is -0.329 e. The van der Waals surface area contributed by atoms with E-state index < -0.39 is 21.4 Å². The minimum atomic E-state index is -3.71. The molecule has 1 aromatic carbocycles. The molecule has 21 heavy (non-hydrogen) atoms. The van der Waals surface area contributed by atoms with Crippen molar-refractivity contribution in [1.29, 1.82) is 0 Å². The molecule has 0 radical (unpaired) electrons. The summed E-state index contributed by atoms with van der Waals surface area (Å²) in [6, 6.07) is 2.51. The van der Waals surface area contributed by atoms with Crippen molar-refractivity contribution >= 4 is 38.4 Å². The summed E-state index contributed by atoms with van der Waals surface area (Å²) in [6.07, 6.45) is 3.41. The zero-order chi connectivity index (χ0) is 15.0. The molecule has 4 nitrogen and oxygen atoms in total. The van der Waals surface area contributed by atoms with Gasteiger partial charge >= 0.3 is 0 Å². The van der Waals surface area contributed by atoms with E-state index >= 15 is 0 Å². The average Bonchev–Trinajstić information content (AvgIpc) is 2.82. The molecule has 1 aliphatic rings. The van der Waals surface area contributed by atoms with Gasteiger partial charge in [0.25, 0.3) is 0 Å². The second-order valence-electron chi connectivity index (χ2n) is 5.33. The molecule has 0 bridgehead atoms. The van der Waals surface area contributed by atoms with Crippen molar-refractivity contribution in [3.05, 3.63) is 28.0 Å². The van der Waals surface area contributed by atoms with Gasteiger partial charge in [-0.05, 0) is 53.4 Å². The molecule has 0 atom stereocenters. The van der Waals surface area contributed by atoms with Crippen LogP contribution in [0.15, 0.2) is 21.5 Å². The van der Waals surface area contributed by atoms with E-state index in [0.29, 0.717) is 5.56 Å². The molecule has 1 fully saturated rings. The number of aryl methyl sites for hydroxylation is 1. The Morgan fingerprint density at radius 1 is 1.38 bits per heavy atom. The summed E-state index contributed by atoms with van der Waals surface area (Å²) in [5, 5.41) is 0. The van der Waals surface area contributed by atoms with E-state index in [1.54, 1.807) is 6.92 Å². The van der Waals surface area contributed by atoms with Crippen molar-refractivity contribution < 1.29 is 12.8 Å². The highest BCUT2D eigenvalue weighted by molar-refractivity contribution is 9.10. The molecular formula is C13H19BrClFN2O2S. The molecule has 1 saturated carbocycles. The van der Waals surface area contributed by atoms with Crippen LogP contribution in [0.3, 0.4) is 0 Å². The number of sulfonamides is 1. The lowest BCUT2D eigenvalue weighted by molar-refractivity contribution is 0.399. The van der Waals surface area contributed by atoms with Crippen molar-refractivity contribution in [2.24, 2.45) is 5.73 Å². The number of rotatable bonds is 4. The molecule has 3 N–H and O–H groups in total. The maximum Gasteiger partial charge on any atom is 0.241 e. The summed E-state index contributed by atoms with van der Waals surface area (Å²) in [5.74, 6) is -0.476. The van der Waals surface area contributed by atoms with E-state index in [4.69, 9.17) is 5.73 Å². The molecule has 0 aliphatic heterocycles. The first-order valence-corrected chi connectivity index (χ1v) is 8.77. The van der Waals surface area contributed by atoms with Gasteiger partial charge < -0.3 is 5.73 Å². The summed E-state index contributed by atoms with van der Waals surface area (Å²) in [7, 11) is -3.71. The molecule has 0 heterocycles. The normalized spacial score (nSPS) is 17.5. The van der Waals surface area contributed by atoms with E-state index in [-0.39, 0.29) is 28.3 Å². The van der Waals surface area contributed by atoms with Crippen molar-refractivity contribution in [2.45, 2.75) is 43.0 Å². The van der Waals surface area contributed by atoms with Gasteiger partial charge in [-0.2, -0.15) is 0 Å².